The number of aromatic nitrogens is 2. The molecule has 2 N–H and O–H groups in total. The SMILES string of the molecule is C/C=C(/F)c1sc(N)c(C#N)c1/C(=C(\C)CC)c1c2c(c3cnc(N4CC(C)C5(COC5)C4)nc3c1F)COC2.CC.CCCC. The van der Waals surface area contributed by atoms with Gasteiger partial charge in [-0.1, -0.05) is 66.0 Å². The van der Waals surface area contributed by atoms with Crippen molar-refractivity contribution in [3.8, 4) is 6.07 Å². The molecule has 0 amide bonds. The Labute approximate surface area is 276 Å². The summed E-state index contributed by atoms with van der Waals surface area (Å²) in [4.78, 5) is 11.8. The average Bonchev–Trinajstić information content (AvgIpc) is 3.78. The average molecular weight is 652 g/mol. The molecule has 3 aromatic rings. The number of nitrogens with two attached hydrogens (primary N) is 1. The molecular weight excluding hydrogens is 604 g/mol. The van der Waals surface area contributed by atoms with E-state index in [0.717, 1.165) is 35.6 Å². The summed E-state index contributed by atoms with van der Waals surface area (Å²) >= 11 is 1.00. The minimum Gasteiger partial charge on any atom is -0.389 e. The molecule has 0 bridgehead atoms. The summed E-state index contributed by atoms with van der Waals surface area (Å²) in [6, 6.07) is 2.15. The van der Waals surface area contributed by atoms with Crippen molar-refractivity contribution < 1.29 is 18.3 Å². The topological polar surface area (TPSA) is 97.3 Å². The Morgan fingerprint density at radius 3 is 2.39 bits per heavy atom. The lowest BCUT2D eigenvalue weighted by molar-refractivity contribution is -0.120. The van der Waals surface area contributed by atoms with E-state index in [0.29, 0.717) is 59.2 Å². The zero-order chi connectivity index (χ0) is 33.8. The van der Waals surface area contributed by atoms with Crippen molar-refractivity contribution in [1.29, 1.82) is 5.26 Å². The molecule has 46 heavy (non-hydrogen) atoms. The van der Waals surface area contributed by atoms with Gasteiger partial charge in [-0.15, -0.1) is 11.3 Å². The fraction of sp³-hybridized carbons (Fsp3) is 0.528. The largest absolute Gasteiger partial charge is 0.389 e. The van der Waals surface area contributed by atoms with Crippen molar-refractivity contribution in [2.75, 3.05) is 36.9 Å². The van der Waals surface area contributed by atoms with Gasteiger partial charge in [-0.05, 0) is 42.9 Å². The highest BCUT2D eigenvalue weighted by atomic mass is 32.1. The van der Waals surface area contributed by atoms with Gasteiger partial charge in [0.15, 0.2) is 5.82 Å². The second-order valence-electron chi connectivity index (χ2n) is 12.0. The van der Waals surface area contributed by atoms with E-state index in [1.54, 1.807) is 13.1 Å². The van der Waals surface area contributed by atoms with Crippen LogP contribution in [0.2, 0.25) is 0 Å². The first kappa shape index (κ1) is 35.5. The molecule has 1 aromatic carbocycles. The maximum atomic E-state index is 16.9. The molecule has 0 aliphatic carbocycles. The van der Waals surface area contributed by atoms with Crippen LogP contribution >= 0.6 is 11.3 Å². The van der Waals surface area contributed by atoms with E-state index >= 15 is 8.78 Å². The van der Waals surface area contributed by atoms with E-state index in [9.17, 15) is 5.26 Å². The highest BCUT2D eigenvalue weighted by Crippen LogP contribution is 2.48. The normalized spacial score (nSPS) is 18.7. The molecule has 7 nitrogen and oxygen atoms in total. The number of allylic oxidation sites excluding steroid dienone is 2. The molecule has 248 valence electrons. The third-order valence-corrected chi connectivity index (χ3v) is 10.3. The van der Waals surface area contributed by atoms with Crippen LogP contribution < -0.4 is 10.6 Å². The smallest absolute Gasteiger partial charge is 0.226 e. The zero-order valence-electron chi connectivity index (χ0n) is 28.4. The van der Waals surface area contributed by atoms with Gasteiger partial charge in [0.1, 0.15) is 22.4 Å². The zero-order valence-corrected chi connectivity index (χ0v) is 29.3. The summed E-state index contributed by atoms with van der Waals surface area (Å²) in [5.41, 5.74) is 10.0. The van der Waals surface area contributed by atoms with Crippen LogP contribution in [0.4, 0.5) is 19.7 Å². The van der Waals surface area contributed by atoms with E-state index in [4.69, 9.17) is 20.2 Å². The number of fused-ring (bicyclic) bond motifs is 3. The molecule has 2 aromatic heterocycles. The van der Waals surface area contributed by atoms with Crippen molar-refractivity contribution in [2.45, 2.75) is 87.9 Å². The van der Waals surface area contributed by atoms with Crippen molar-refractivity contribution in [3.63, 3.8) is 0 Å². The van der Waals surface area contributed by atoms with Gasteiger partial charge in [0.05, 0.1) is 36.9 Å². The number of halogens is 2. The highest BCUT2D eigenvalue weighted by molar-refractivity contribution is 7.17. The summed E-state index contributed by atoms with van der Waals surface area (Å²) in [5, 5.41) is 10.9. The van der Waals surface area contributed by atoms with Gasteiger partial charge < -0.3 is 20.1 Å². The molecule has 3 aliphatic heterocycles. The van der Waals surface area contributed by atoms with Crippen LogP contribution in [0, 0.1) is 28.5 Å². The number of ether oxygens (including phenoxy) is 2. The van der Waals surface area contributed by atoms with Crippen LogP contribution in [-0.2, 0) is 22.7 Å². The second kappa shape index (κ2) is 15.0. The number of unbranched alkanes of at least 4 members (excludes halogenated alkanes) is 1. The number of hydrogen-bond donors (Lipinski definition) is 1. The first-order chi connectivity index (χ1) is 22.2. The molecule has 10 heteroatoms. The molecule has 2 fully saturated rings. The number of rotatable bonds is 6. The third kappa shape index (κ3) is 6.17. The van der Waals surface area contributed by atoms with Crippen LogP contribution in [0.5, 0.6) is 0 Å². The van der Waals surface area contributed by atoms with E-state index in [1.807, 2.05) is 27.7 Å². The molecule has 3 aliphatic rings. The number of hydrogen-bond acceptors (Lipinski definition) is 8. The summed E-state index contributed by atoms with van der Waals surface area (Å²) in [6.07, 6.45) is 6.22. The van der Waals surface area contributed by atoms with E-state index in [2.05, 4.69) is 36.7 Å². The standard InChI is InChI=1S/C30H31F2N5O2S.C4H10.C2H6/c1-5-15(3)22(24-17(7-33)28(34)40-27(24)21(31)6-2)23-20-11-38-10-19(20)18-8-35-29(36-26(18)25(23)32)37-9-16(4)30(12-37)13-39-14-30;1-3-4-2;1-2/h6,8,16H,5,9-14,34H2,1-4H3;3-4H2,1-2H3;1-2H3/b21-6+,22-15+;;. The van der Waals surface area contributed by atoms with Gasteiger partial charge in [0.25, 0.3) is 0 Å². The Kier molecular flexibility index (Phi) is 11.6. The Hall–Kier alpha value is -3.39. The quantitative estimate of drug-likeness (QED) is 0.284. The van der Waals surface area contributed by atoms with Crippen LogP contribution in [0.3, 0.4) is 0 Å². The van der Waals surface area contributed by atoms with Crippen molar-refractivity contribution in [1.82, 2.24) is 9.97 Å². The molecule has 6 rings (SSSR count). The number of benzene rings is 1. The lowest BCUT2D eigenvalue weighted by Crippen LogP contribution is -2.48. The number of anilines is 2. The lowest BCUT2D eigenvalue weighted by Gasteiger charge is -2.40. The first-order valence-corrected chi connectivity index (χ1v) is 17.2. The molecule has 1 atom stereocenters. The van der Waals surface area contributed by atoms with Crippen molar-refractivity contribution in [2.24, 2.45) is 11.3 Å². The summed E-state index contributed by atoms with van der Waals surface area (Å²) in [6.45, 7) is 19.4. The van der Waals surface area contributed by atoms with E-state index in [-0.39, 0.29) is 39.6 Å². The number of thiophene rings is 1. The summed E-state index contributed by atoms with van der Waals surface area (Å²) in [7, 11) is 0. The third-order valence-electron chi connectivity index (χ3n) is 9.27. The predicted molar refractivity (Wildman–Crippen MR) is 185 cm³/mol. The molecule has 5 heterocycles. The van der Waals surface area contributed by atoms with Gasteiger partial charge in [0.2, 0.25) is 5.95 Å². The molecular formula is C36H47F2N5O2S. The summed E-state index contributed by atoms with van der Waals surface area (Å²) < 4.78 is 43.5. The fourth-order valence-electron chi connectivity index (χ4n) is 6.16. The van der Waals surface area contributed by atoms with Gasteiger partial charge >= 0.3 is 0 Å². The Morgan fingerprint density at radius 1 is 1.17 bits per heavy atom. The Balaban J connectivity index is 0.000000744. The van der Waals surface area contributed by atoms with Crippen LogP contribution in [0.1, 0.15) is 107 Å². The van der Waals surface area contributed by atoms with Crippen LogP contribution in [0.15, 0.2) is 17.8 Å². The number of nitrogens with zero attached hydrogens (tertiary/aromatic N) is 4. The molecule has 0 radical (unpaired) electrons. The van der Waals surface area contributed by atoms with Gasteiger partial charge in [-0.3, -0.25) is 0 Å². The fourth-order valence-corrected chi connectivity index (χ4v) is 7.15. The first-order valence-electron chi connectivity index (χ1n) is 16.4. The number of nitriles is 1. The number of nitrogen functional groups attached to an aromatic ring is 1. The van der Waals surface area contributed by atoms with Gasteiger partial charge in [0, 0.05) is 41.2 Å². The van der Waals surface area contributed by atoms with Gasteiger partial charge in [-0.25, -0.2) is 18.7 Å². The predicted octanol–water partition coefficient (Wildman–Crippen LogP) is 9.18. The van der Waals surface area contributed by atoms with Crippen molar-refractivity contribution in [3.05, 3.63) is 56.4 Å². The van der Waals surface area contributed by atoms with Crippen molar-refractivity contribution >= 4 is 44.6 Å². The Morgan fingerprint density at radius 2 is 1.85 bits per heavy atom. The lowest BCUT2D eigenvalue weighted by atomic mass is 9.77. The minimum atomic E-state index is -0.528. The molecule has 1 unspecified atom stereocenters. The second-order valence-corrected chi connectivity index (χ2v) is 13.1. The highest BCUT2D eigenvalue weighted by Gasteiger charge is 2.50. The van der Waals surface area contributed by atoms with Gasteiger partial charge in [-0.2, -0.15) is 5.26 Å². The van der Waals surface area contributed by atoms with E-state index in [1.165, 1.54) is 18.9 Å². The minimum absolute atomic E-state index is 0.0851. The molecule has 2 saturated heterocycles. The van der Waals surface area contributed by atoms with E-state index < -0.39 is 11.6 Å². The molecule has 0 saturated carbocycles. The Bertz CT molecular complexity index is 1680. The molecule has 1 spiro atoms. The maximum absolute atomic E-state index is 16.9. The summed E-state index contributed by atoms with van der Waals surface area (Å²) in [5.74, 6) is -0.155. The monoisotopic (exact) mass is 651 g/mol. The maximum Gasteiger partial charge on any atom is 0.226 e. The van der Waals surface area contributed by atoms with Crippen LogP contribution in [-0.4, -0.2) is 36.3 Å². The van der Waals surface area contributed by atoms with Crippen LogP contribution in [0.25, 0.3) is 22.3 Å².